The number of allylic oxidation sites excluding steroid dienone is 1. The first-order chi connectivity index (χ1) is 10.8. The zero-order valence-electron chi connectivity index (χ0n) is 12.7. The summed E-state index contributed by atoms with van der Waals surface area (Å²) >= 11 is 5.67. The molecule has 1 atom stereocenters. The van der Waals surface area contributed by atoms with Gasteiger partial charge < -0.3 is 5.11 Å². The largest absolute Gasteiger partial charge is 0.392 e. The van der Waals surface area contributed by atoms with Crippen molar-refractivity contribution in [3.63, 3.8) is 0 Å². The zero-order chi connectivity index (χ0) is 15.6. The van der Waals surface area contributed by atoms with Crippen LogP contribution >= 0.6 is 11.6 Å². The van der Waals surface area contributed by atoms with Gasteiger partial charge in [-0.25, -0.2) is 0 Å². The Morgan fingerprint density at radius 1 is 0.864 bits per heavy atom. The van der Waals surface area contributed by atoms with Crippen LogP contribution in [0.5, 0.6) is 0 Å². The Morgan fingerprint density at radius 3 is 1.91 bits per heavy atom. The number of halogens is 1. The van der Waals surface area contributed by atoms with E-state index in [1.807, 2.05) is 36.4 Å². The molecule has 22 heavy (non-hydrogen) atoms. The molecule has 1 nitrogen and oxygen atoms in total. The summed E-state index contributed by atoms with van der Waals surface area (Å²) in [5.41, 5.74) is 2.30. The monoisotopic (exact) mass is 314 g/mol. The van der Waals surface area contributed by atoms with Crippen molar-refractivity contribution >= 4 is 11.6 Å². The predicted molar refractivity (Wildman–Crippen MR) is 94.4 cm³/mol. The molecule has 0 aliphatic carbocycles. The van der Waals surface area contributed by atoms with E-state index in [2.05, 4.69) is 36.4 Å². The minimum Gasteiger partial charge on any atom is -0.392 e. The van der Waals surface area contributed by atoms with Crippen molar-refractivity contribution in [3.8, 4) is 0 Å². The van der Waals surface area contributed by atoms with Crippen LogP contribution in [-0.4, -0.2) is 17.1 Å². The molecule has 2 rings (SSSR count). The second-order valence-electron chi connectivity index (χ2n) is 5.40. The summed E-state index contributed by atoms with van der Waals surface area (Å²) in [6.45, 7) is 0. The third-order valence-corrected chi connectivity index (χ3v) is 4.02. The molecule has 0 aliphatic rings. The molecular weight excluding hydrogens is 292 g/mol. The number of hydrogen-bond donors (Lipinski definition) is 1. The molecule has 0 bridgehead atoms. The number of aliphatic hydroxyl groups excluding tert-OH is 1. The predicted octanol–water partition coefficient (Wildman–Crippen LogP) is 5.14. The number of unbranched alkanes of at least 4 members (excludes halogenated alkanes) is 1. The van der Waals surface area contributed by atoms with E-state index in [0.717, 1.165) is 24.0 Å². The fraction of sp³-hybridized carbons (Fsp3) is 0.300. The molecular formula is C20H23ClO. The lowest BCUT2D eigenvalue weighted by atomic mass is 9.85. The summed E-state index contributed by atoms with van der Waals surface area (Å²) in [6.07, 6.45) is 6.34. The van der Waals surface area contributed by atoms with Crippen LogP contribution in [0.2, 0.25) is 0 Å². The Balaban J connectivity index is 2.13. The molecule has 116 valence electrons. The van der Waals surface area contributed by atoms with Gasteiger partial charge in [-0.3, -0.25) is 0 Å². The van der Waals surface area contributed by atoms with Crippen molar-refractivity contribution in [2.75, 3.05) is 5.88 Å². The van der Waals surface area contributed by atoms with Gasteiger partial charge in [0.15, 0.2) is 0 Å². The molecule has 0 heterocycles. The van der Waals surface area contributed by atoms with Crippen LogP contribution < -0.4 is 0 Å². The summed E-state index contributed by atoms with van der Waals surface area (Å²) < 4.78 is 0. The minimum absolute atomic E-state index is 0.0000713. The summed E-state index contributed by atoms with van der Waals surface area (Å²) in [7, 11) is 0. The van der Waals surface area contributed by atoms with Crippen molar-refractivity contribution in [1.29, 1.82) is 0 Å². The fourth-order valence-corrected chi connectivity index (χ4v) is 2.80. The van der Waals surface area contributed by atoms with Crippen molar-refractivity contribution < 1.29 is 5.11 Å². The van der Waals surface area contributed by atoms with Crippen LogP contribution in [0.1, 0.15) is 36.3 Å². The Morgan fingerprint density at radius 2 is 1.41 bits per heavy atom. The number of hydrogen-bond acceptors (Lipinski definition) is 1. The van der Waals surface area contributed by atoms with E-state index >= 15 is 0 Å². The van der Waals surface area contributed by atoms with Crippen LogP contribution in [0.4, 0.5) is 0 Å². The maximum atomic E-state index is 10.7. The van der Waals surface area contributed by atoms with E-state index in [9.17, 15) is 5.11 Å². The molecule has 0 aliphatic heterocycles. The molecule has 0 fully saturated rings. The average molecular weight is 315 g/mol. The third-order valence-electron chi connectivity index (χ3n) is 3.75. The number of aliphatic hydroxyl groups is 1. The van der Waals surface area contributed by atoms with Crippen LogP contribution in [0.25, 0.3) is 0 Å². The highest BCUT2D eigenvalue weighted by atomic mass is 35.5. The second-order valence-corrected chi connectivity index (χ2v) is 5.78. The van der Waals surface area contributed by atoms with Crippen molar-refractivity contribution in [1.82, 2.24) is 0 Å². The normalized spacial score (nSPS) is 12.9. The highest BCUT2D eigenvalue weighted by molar-refractivity contribution is 6.17. The lowest BCUT2D eigenvalue weighted by Gasteiger charge is -2.23. The van der Waals surface area contributed by atoms with Gasteiger partial charge in [0.05, 0.1) is 6.10 Å². The topological polar surface area (TPSA) is 20.2 Å². The smallest absolute Gasteiger partial charge is 0.0683 e. The SMILES string of the molecule is OC(C/C=C/CCCCl)C(c1ccccc1)c1ccccc1. The van der Waals surface area contributed by atoms with Crippen LogP contribution in [-0.2, 0) is 0 Å². The van der Waals surface area contributed by atoms with Gasteiger partial charge in [0.2, 0.25) is 0 Å². The molecule has 0 saturated heterocycles. The van der Waals surface area contributed by atoms with E-state index in [4.69, 9.17) is 11.6 Å². The summed E-state index contributed by atoms with van der Waals surface area (Å²) in [5, 5.41) is 10.7. The first kappa shape index (κ1) is 16.8. The number of benzene rings is 2. The first-order valence-corrected chi connectivity index (χ1v) is 8.35. The molecule has 2 aromatic rings. The molecule has 0 aromatic heterocycles. The van der Waals surface area contributed by atoms with E-state index < -0.39 is 6.10 Å². The van der Waals surface area contributed by atoms with E-state index in [0.29, 0.717) is 12.3 Å². The van der Waals surface area contributed by atoms with Crippen molar-refractivity contribution in [3.05, 3.63) is 83.9 Å². The van der Waals surface area contributed by atoms with Gasteiger partial charge in [0.25, 0.3) is 0 Å². The molecule has 2 heteroatoms. The third kappa shape index (κ3) is 5.01. The summed E-state index contributed by atoms with van der Waals surface area (Å²) in [6, 6.07) is 20.4. The molecule has 0 saturated carbocycles. The molecule has 1 unspecified atom stereocenters. The van der Waals surface area contributed by atoms with E-state index in [-0.39, 0.29) is 5.92 Å². The van der Waals surface area contributed by atoms with Gasteiger partial charge in [-0.1, -0.05) is 72.8 Å². The second kappa shape index (κ2) is 9.45. The Hall–Kier alpha value is -1.57. The highest BCUT2D eigenvalue weighted by Gasteiger charge is 2.21. The molecule has 0 radical (unpaired) electrons. The van der Waals surface area contributed by atoms with E-state index in [1.165, 1.54) is 0 Å². The van der Waals surface area contributed by atoms with Gasteiger partial charge in [-0.05, 0) is 30.4 Å². The lowest BCUT2D eigenvalue weighted by molar-refractivity contribution is 0.159. The lowest BCUT2D eigenvalue weighted by Crippen LogP contribution is -2.19. The van der Waals surface area contributed by atoms with E-state index in [1.54, 1.807) is 0 Å². The van der Waals surface area contributed by atoms with Gasteiger partial charge in [-0.15, -0.1) is 11.6 Å². The minimum atomic E-state index is -0.433. The average Bonchev–Trinajstić information content (AvgIpc) is 2.57. The molecule has 0 spiro atoms. The fourth-order valence-electron chi connectivity index (χ4n) is 2.64. The summed E-state index contributed by atoms with van der Waals surface area (Å²) in [4.78, 5) is 0. The Labute approximate surface area is 138 Å². The standard InChI is InChI=1S/C20H23ClO/c21-16-10-2-1-9-15-19(22)20(17-11-5-3-6-12-17)18-13-7-4-8-14-18/h1,3-9,11-14,19-20,22H,2,10,15-16H2/b9-1+. The maximum Gasteiger partial charge on any atom is 0.0683 e. The highest BCUT2D eigenvalue weighted by Crippen LogP contribution is 2.29. The Bertz CT molecular complexity index is 511. The van der Waals surface area contributed by atoms with Crippen molar-refractivity contribution in [2.24, 2.45) is 0 Å². The molecule has 1 N–H and O–H groups in total. The zero-order valence-corrected chi connectivity index (χ0v) is 13.5. The van der Waals surface area contributed by atoms with Crippen molar-refractivity contribution in [2.45, 2.75) is 31.3 Å². The molecule has 2 aromatic carbocycles. The van der Waals surface area contributed by atoms with Gasteiger partial charge in [-0.2, -0.15) is 0 Å². The van der Waals surface area contributed by atoms with Gasteiger partial charge in [0, 0.05) is 11.8 Å². The van der Waals surface area contributed by atoms with Crippen LogP contribution in [0.3, 0.4) is 0 Å². The summed E-state index contributed by atoms with van der Waals surface area (Å²) in [5.74, 6) is 0.684. The molecule has 0 amide bonds. The quantitative estimate of drug-likeness (QED) is 0.406. The number of rotatable bonds is 8. The Kier molecular flexibility index (Phi) is 7.21. The van der Waals surface area contributed by atoms with Gasteiger partial charge >= 0.3 is 0 Å². The van der Waals surface area contributed by atoms with Gasteiger partial charge in [0.1, 0.15) is 0 Å². The first-order valence-electron chi connectivity index (χ1n) is 7.82. The maximum absolute atomic E-state index is 10.7. The number of alkyl halides is 1. The van der Waals surface area contributed by atoms with Crippen LogP contribution in [0, 0.1) is 0 Å². The van der Waals surface area contributed by atoms with Crippen LogP contribution in [0.15, 0.2) is 72.8 Å².